The Morgan fingerprint density at radius 2 is 1.73 bits per heavy atom. The number of benzene rings is 1. The molecule has 0 saturated carbocycles. The minimum absolute atomic E-state index is 0. The molecule has 0 fully saturated rings. The van der Waals surface area contributed by atoms with Crippen molar-refractivity contribution in [1.82, 2.24) is 0 Å². The summed E-state index contributed by atoms with van der Waals surface area (Å²) in [5.41, 5.74) is 12.4. The second kappa shape index (κ2) is 6.92. The Bertz CT molecular complexity index is 328. The summed E-state index contributed by atoms with van der Waals surface area (Å²) in [6, 6.07) is 2.74. The Morgan fingerprint density at radius 1 is 1.27 bits per heavy atom. The van der Waals surface area contributed by atoms with E-state index in [4.69, 9.17) is 16.6 Å². The maximum atomic E-state index is 9.19. The van der Waals surface area contributed by atoms with Gasteiger partial charge in [-0.1, -0.05) is 0 Å². The zero-order valence-corrected chi connectivity index (χ0v) is 11.4. The molecule has 0 spiro atoms. The average molecular weight is 344 g/mol. The lowest BCUT2D eigenvalue weighted by atomic mass is 10.1. The van der Waals surface area contributed by atoms with E-state index in [1.807, 2.05) is 6.92 Å². The first-order valence-electron chi connectivity index (χ1n) is 4.06. The van der Waals surface area contributed by atoms with Crippen LogP contribution in [-0.2, 0) is 6.42 Å². The third kappa shape index (κ3) is 4.72. The van der Waals surface area contributed by atoms with Crippen molar-refractivity contribution in [3.05, 3.63) is 17.7 Å². The largest absolute Gasteiger partial charge is 1.00 e. The molecule has 1 rings (SSSR count). The van der Waals surface area contributed by atoms with Crippen LogP contribution in [0.15, 0.2) is 12.1 Å². The molecule has 6 heteroatoms. The molecule has 1 aromatic carbocycles. The molecule has 15 heavy (non-hydrogen) atoms. The van der Waals surface area contributed by atoms with Crippen LogP contribution in [0.1, 0.15) is 15.3 Å². The number of halogens is 2. The molecule has 4 nitrogen and oxygen atoms in total. The van der Waals surface area contributed by atoms with E-state index in [1.54, 1.807) is 0 Å². The van der Waals surface area contributed by atoms with Gasteiger partial charge in [-0.15, -0.1) is 0 Å². The van der Waals surface area contributed by atoms with E-state index in [-0.39, 0.29) is 54.4 Å². The van der Waals surface area contributed by atoms with Crippen LogP contribution in [0, 0.1) is 0 Å². The number of phenols is 2. The molecule has 1 unspecified atom stereocenters. The van der Waals surface area contributed by atoms with Crippen LogP contribution in [0.3, 0.4) is 0 Å². The summed E-state index contributed by atoms with van der Waals surface area (Å²) < 4.78 is 0. The van der Waals surface area contributed by atoms with Gasteiger partial charge in [0.2, 0.25) is 0 Å². The fraction of sp³-hybridized carbons (Fsp3) is 0.333. The number of anilines is 1. The van der Waals surface area contributed by atoms with Crippen molar-refractivity contribution < 1.29 is 47.0 Å². The number of nitrogens with two attached hydrogens (primary N) is 2. The van der Waals surface area contributed by atoms with E-state index in [9.17, 15) is 5.11 Å². The first-order chi connectivity index (χ1) is 6.00. The number of hydrogen-bond acceptors (Lipinski definition) is 4. The average Bonchev–Trinajstić information content (AvgIpc) is 1.99. The summed E-state index contributed by atoms with van der Waals surface area (Å²) >= 11 is 0. The topological polar surface area (TPSA) is 92.5 Å². The zero-order chi connectivity index (χ0) is 10.0. The molecule has 0 bridgehead atoms. The Kier molecular flexibility index (Phi) is 7.82. The second-order valence-electron chi connectivity index (χ2n) is 3.22. The summed E-state index contributed by atoms with van der Waals surface area (Å²) in [5.74, 6) is -0.365. The van der Waals surface area contributed by atoms with Crippen molar-refractivity contribution in [1.29, 1.82) is 0 Å². The van der Waals surface area contributed by atoms with Gasteiger partial charge in [-0.2, -0.15) is 0 Å². The Labute approximate surface area is 113 Å². The Morgan fingerprint density at radius 3 is 2.20 bits per heavy atom. The van der Waals surface area contributed by atoms with E-state index < -0.39 is 0 Å². The predicted octanol–water partition coefficient (Wildman–Crippen LogP) is -5.20. The summed E-state index contributed by atoms with van der Waals surface area (Å²) in [6.07, 6.45) is 0.583. The highest BCUT2D eigenvalue weighted by molar-refractivity contribution is 5.57. The van der Waals surface area contributed by atoms with Crippen molar-refractivity contribution in [3.8, 4) is 11.5 Å². The van der Waals surface area contributed by atoms with Crippen molar-refractivity contribution in [2.24, 2.45) is 5.73 Å². The highest BCUT2D eigenvalue weighted by Crippen LogP contribution is 2.30. The van der Waals surface area contributed by atoms with Gasteiger partial charge in [-0.05, 0) is 25.0 Å². The van der Waals surface area contributed by atoms with Gasteiger partial charge in [-0.25, -0.2) is 0 Å². The molecule has 0 saturated heterocycles. The van der Waals surface area contributed by atoms with Gasteiger partial charge in [0.05, 0.1) is 0 Å². The maximum Gasteiger partial charge on any atom is 1.00 e. The van der Waals surface area contributed by atoms with Crippen LogP contribution in [0.2, 0.25) is 0 Å². The molecule has 1 aromatic rings. The summed E-state index contributed by atoms with van der Waals surface area (Å²) in [6.45, 7) is 1.85. The molecular formula is C9H16Br2N2O2. The van der Waals surface area contributed by atoms with Gasteiger partial charge in [0.1, 0.15) is 0 Å². The molecule has 0 aliphatic carbocycles. The van der Waals surface area contributed by atoms with Crippen LogP contribution >= 0.6 is 0 Å². The van der Waals surface area contributed by atoms with Crippen LogP contribution in [0.25, 0.3) is 0 Å². The fourth-order valence-corrected chi connectivity index (χ4v) is 1.16. The SMILES string of the molecule is CC(N)Cc1cc(O)c(O)cc1N.[Br-].[Br-].[H+].[H+]. The lowest BCUT2D eigenvalue weighted by Gasteiger charge is -2.09. The number of aromatic hydroxyl groups is 2. The Balaban J connectivity index is -0.000000211. The lowest BCUT2D eigenvalue weighted by Crippen LogP contribution is -3.00. The number of hydrogen-bond donors (Lipinski definition) is 4. The van der Waals surface area contributed by atoms with Crippen LogP contribution in [0.4, 0.5) is 5.69 Å². The fourth-order valence-electron chi connectivity index (χ4n) is 1.16. The standard InChI is InChI=1S/C9H14N2O2.2BrH/c1-5(10)2-6-3-8(12)9(13)4-7(6)11;;/h3-5,12-13H,2,10-11H2,1H3;2*1H. The zero-order valence-electron chi connectivity index (χ0n) is 10.2. The molecule has 0 radical (unpaired) electrons. The predicted molar refractivity (Wildman–Crippen MR) is 53.8 cm³/mol. The number of phenolic OH excluding ortho intramolecular Hbond substituents is 2. The lowest BCUT2D eigenvalue weighted by molar-refractivity contribution is -0.00100. The second-order valence-corrected chi connectivity index (χ2v) is 3.22. The molecule has 0 heterocycles. The van der Waals surface area contributed by atoms with Gasteiger partial charge in [0.25, 0.3) is 0 Å². The van der Waals surface area contributed by atoms with E-state index in [0.29, 0.717) is 12.1 Å². The summed E-state index contributed by atoms with van der Waals surface area (Å²) in [5, 5.41) is 18.3. The molecule has 1 atom stereocenters. The van der Waals surface area contributed by atoms with Crippen molar-refractivity contribution in [3.63, 3.8) is 0 Å². The number of nitrogen functional groups attached to an aromatic ring is 1. The van der Waals surface area contributed by atoms with Gasteiger partial charge in [-0.3, -0.25) is 0 Å². The maximum absolute atomic E-state index is 9.19. The highest BCUT2D eigenvalue weighted by Gasteiger charge is 2.07. The first-order valence-corrected chi connectivity index (χ1v) is 4.06. The van der Waals surface area contributed by atoms with Crippen LogP contribution in [0.5, 0.6) is 11.5 Å². The van der Waals surface area contributed by atoms with Crippen molar-refractivity contribution in [2.75, 3.05) is 5.73 Å². The smallest absolute Gasteiger partial charge is 1.00 e. The molecular weight excluding hydrogens is 328 g/mol. The van der Waals surface area contributed by atoms with E-state index in [1.165, 1.54) is 12.1 Å². The van der Waals surface area contributed by atoms with Crippen LogP contribution < -0.4 is 45.4 Å². The number of rotatable bonds is 2. The third-order valence-corrected chi connectivity index (χ3v) is 1.78. The van der Waals surface area contributed by atoms with Gasteiger partial charge >= 0.3 is 2.85 Å². The van der Waals surface area contributed by atoms with Gasteiger partial charge in [0, 0.05) is 17.8 Å². The monoisotopic (exact) mass is 342 g/mol. The van der Waals surface area contributed by atoms with Gasteiger partial charge < -0.3 is 55.6 Å². The first kappa shape index (κ1) is 17.0. The molecule has 0 aliphatic rings. The van der Waals surface area contributed by atoms with Crippen molar-refractivity contribution >= 4 is 5.69 Å². The molecule has 0 aliphatic heterocycles. The quantitative estimate of drug-likeness (QED) is 0.245. The Hall–Kier alpha value is -0.460. The van der Waals surface area contributed by atoms with E-state index in [2.05, 4.69) is 0 Å². The normalized spacial score (nSPS) is 11.1. The molecule has 88 valence electrons. The minimum atomic E-state index is -0.203. The van der Waals surface area contributed by atoms with E-state index in [0.717, 1.165) is 5.56 Å². The highest BCUT2D eigenvalue weighted by atomic mass is 79.9. The third-order valence-electron chi connectivity index (χ3n) is 1.78. The van der Waals surface area contributed by atoms with Gasteiger partial charge in [0.15, 0.2) is 11.5 Å². The summed E-state index contributed by atoms with van der Waals surface area (Å²) in [4.78, 5) is 0. The minimum Gasteiger partial charge on any atom is -1.00 e. The summed E-state index contributed by atoms with van der Waals surface area (Å²) in [7, 11) is 0. The molecule has 0 amide bonds. The van der Waals surface area contributed by atoms with Crippen LogP contribution in [-0.4, -0.2) is 16.3 Å². The molecule has 0 aromatic heterocycles. The van der Waals surface area contributed by atoms with E-state index >= 15 is 0 Å². The van der Waals surface area contributed by atoms with Crippen molar-refractivity contribution in [2.45, 2.75) is 19.4 Å². The molecule has 6 N–H and O–H groups in total.